The van der Waals surface area contributed by atoms with E-state index in [0.717, 1.165) is 31.6 Å². The van der Waals surface area contributed by atoms with Crippen molar-refractivity contribution in [2.45, 2.75) is 37.5 Å². The van der Waals surface area contributed by atoms with Gasteiger partial charge in [-0.15, -0.1) is 0 Å². The second-order valence-corrected chi connectivity index (χ2v) is 7.46. The molecule has 0 heterocycles. The zero-order valence-electron chi connectivity index (χ0n) is 13.9. The summed E-state index contributed by atoms with van der Waals surface area (Å²) >= 11 is 0. The minimum atomic E-state index is -3.51. The number of carbonyl (C=O) groups is 1. The summed E-state index contributed by atoms with van der Waals surface area (Å²) in [5.41, 5.74) is -0.0974. The second-order valence-electron chi connectivity index (χ2n) is 5.44. The maximum Gasteiger partial charge on any atom is 0.293 e. The van der Waals surface area contributed by atoms with Crippen molar-refractivity contribution in [3.05, 3.63) is 28.3 Å². The fourth-order valence-corrected chi connectivity index (χ4v) is 2.71. The van der Waals surface area contributed by atoms with E-state index in [9.17, 15) is 23.3 Å². The molecule has 8 nitrogen and oxygen atoms in total. The predicted octanol–water partition coefficient (Wildman–Crippen LogP) is 2.11. The summed E-state index contributed by atoms with van der Waals surface area (Å²) in [6.07, 6.45) is 4.35. The summed E-state index contributed by atoms with van der Waals surface area (Å²) < 4.78 is 22.9. The average Bonchev–Trinajstić information content (AvgIpc) is 2.50. The highest BCUT2D eigenvalue weighted by Gasteiger charge is 2.18. The molecule has 0 fully saturated rings. The lowest BCUT2D eigenvalue weighted by atomic mass is 10.2. The molecule has 9 heteroatoms. The van der Waals surface area contributed by atoms with Crippen LogP contribution in [0.2, 0.25) is 0 Å². The first-order valence-corrected chi connectivity index (χ1v) is 9.64. The van der Waals surface area contributed by atoms with Crippen LogP contribution in [-0.2, 0) is 14.6 Å². The highest BCUT2D eigenvalue weighted by atomic mass is 32.2. The molecule has 1 aromatic rings. The number of hydrogen-bond acceptors (Lipinski definition) is 6. The third-order valence-electron chi connectivity index (χ3n) is 3.36. The Hall–Kier alpha value is -2.16. The van der Waals surface area contributed by atoms with Crippen LogP contribution in [0.25, 0.3) is 0 Å². The van der Waals surface area contributed by atoms with E-state index < -0.39 is 14.8 Å². The Morgan fingerprint density at radius 1 is 1.25 bits per heavy atom. The smallest absolute Gasteiger partial charge is 0.293 e. The molecule has 0 spiro atoms. The molecule has 0 atom stereocenters. The minimum absolute atomic E-state index is 0.0489. The van der Waals surface area contributed by atoms with Crippen molar-refractivity contribution >= 4 is 27.1 Å². The molecule has 0 aromatic heterocycles. The van der Waals surface area contributed by atoms with Gasteiger partial charge in [-0.3, -0.25) is 14.9 Å². The predicted molar refractivity (Wildman–Crippen MR) is 91.8 cm³/mol. The molecule has 0 radical (unpaired) electrons. The fraction of sp³-hybridized carbons (Fsp3) is 0.533. The first kappa shape index (κ1) is 19.9. The molecule has 0 aliphatic heterocycles. The molecule has 0 unspecified atom stereocenters. The number of unbranched alkanes of at least 4 members (excludes halogenated alkanes) is 2. The monoisotopic (exact) mass is 357 g/mol. The van der Waals surface area contributed by atoms with Gasteiger partial charge in [-0.25, -0.2) is 8.42 Å². The highest BCUT2D eigenvalue weighted by Crippen LogP contribution is 2.27. The SMILES string of the molecule is CCCCCC(=O)NCCNc1ccc(S(C)(=O)=O)cc1[N+](=O)[O-]. The largest absolute Gasteiger partial charge is 0.378 e. The molecule has 0 aliphatic rings. The van der Waals surface area contributed by atoms with E-state index in [1.165, 1.54) is 12.1 Å². The van der Waals surface area contributed by atoms with Gasteiger partial charge in [-0.1, -0.05) is 19.8 Å². The number of nitro groups is 1. The van der Waals surface area contributed by atoms with Crippen LogP contribution in [0.4, 0.5) is 11.4 Å². The Balaban J connectivity index is 2.59. The first-order valence-electron chi connectivity index (χ1n) is 7.74. The summed E-state index contributed by atoms with van der Waals surface area (Å²) in [6, 6.07) is 3.70. The van der Waals surface area contributed by atoms with Gasteiger partial charge in [0.2, 0.25) is 5.91 Å². The Labute approximate surface area is 141 Å². The van der Waals surface area contributed by atoms with Crippen molar-refractivity contribution < 1.29 is 18.1 Å². The van der Waals surface area contributed by atoms with Crippen LogP contribution in [0.1, 0.15) is 32.6 Å². The van der Waals surface area contributed by atoms with Crippen molar-refractivity contribution in [2.75, 3.05) is 24.7 Å². The molecule has 0 bridgehead atoms. The Morgan fingerprint density at radius 2 is 1.96 bits per heavy atom. The quantitative estimate of drug-likeness (QED) is 0.376. The lowest BCUT2D eigenvalue weighted by molar-refractivity contribution is -0.384. The van der Waals surface area contributed by atoms with E-state index in [2.05, 4.69) is 17.6 Å². The molecular weight excluding hydrogens is 334 g/mol. The molecule has 134 valence electrons. The average molecular weight is 357 g/mol. The molecule has 0 saturated heterocycles. The third-order valence-corrected chi connectivity index (χ3v) is 4.47. The van der Waals surface area contributed by atoms with Crippen molar-refractivity contribution in [1.82, 2.24) is 5.32 Å². The van der Waals surface area contributed by atoms with Gasteiger partial charge in [0.15, 0.2) is 9.84 Å². The molecule has 1 aromatic carbocycles. The number of amides is 1. The summed E-state index contributed by atoms with van der Waals surface area (Å²) in [6.45, 7) is 2.69. The normalized spacial score (nSPS) is 11.1. The molecule has 0 aliphatic carbocycles. The van der Waals surface area contributed by atoms with Crippen molar-refractivity contribution in [3.63, 3.8) is 0 Å². The zero-order chi connectivity index (χ0) is 18.2. The van der Waals surface area contributed by atoms with Gasteiger partial charge >= 0.3 is 0 Å². The van der Waals surface area contributed by atoms with Gasteiger partial charge in [0, 0.05) is 31.8 Å². The van der Waals surface area contributed by atoms with E-state index in [-0.39, 0.29) is 22.2 Å². The van der Waals surface area contributed by atoms with Crippen molar-refractivity contribution in [2.24, 2.45) is 0 Å². The summed E-state index contributed by atoms with van der Waals surface area (Å²) in [5.74, 6) is -0.0489. The first-order chi connectivity index (χ1) is 11.3. The number of carbonyl (C=O) groups excluding carboxylic acids is 1. The van der Waals surface area contributed by atoms with Crippen LogP contribution < -0.4 is 10.6 Å². The van der Waals surface area contributed by atoms with Gasteiger partial charge in [-0.2, -0.15) is 0 Å². The highest BCUT2D eigenvalue weighted by molar-refractivity contribution is 7.90. The maximum absolute atomic E-state index is 11.5. The van der Waals surface area contributed by atoms with Crippen molar-refractivity contribution in [3.8, 4) is 0 Å². The van der Waals surface area contributed by atoms with Crippen LogP contribution in [0.5, 0.6) is 0 Å². The Kier molecular flexibility index (Phi) is 7.63. The molecule has 0 saturated carbocycles. The molecule has 1 amide bonds. The number of anilines is 1. The maximum atomic E-state index is 11.5. The summed E-state index contributed by atoms with van der Waals surface area (Å²) in [4.78, 5) is 21.9. The Morgan fingerprint density at radius 3 is 2.54 bits per heavy atom. The van der Waals surface area contributed by atoms with E-state index in [4.69, 9.17) is 0 Å². The van der Waals surface area contributed by atoms with Gasteiger partial charge < -0.3 is 10.6 Å². The molecule has 2 N–H and O–H groups in total. The van der Waals surface area contributed by atoms with E-state index in [0.29, 0.717) is 19.5 Å². The molecular formula is C15H23N3O5S. The number of nitro benzene ring substituents is 1. The lowest BCUT2D eigenvalue weighted by Crippen LogP contribution is -2.28. The Bertz CT molecular complexity index is 688. The topological polar surface area (TPSA) is 118 Å². The van der Waals surface area contributed by atoms with E-state index in [1.807, 2.05) is 0 Å². The second kappa shape index (κ2) is 9.21. The van der Waals surface area contributed by atoms with Crippen LogP contribution >= 0.6 is 0 Å². The van der Waals surface area contributed by atoms with Gasteiger partial charge in [-0.05, 0) is 18.6 Å². The van der Waals surface area contributed by atoms with E-state index in [1.54, 1.807) is 0 Å². The van der Waals surface area contributed by atoms with Crippen LogP contribution in [-0.4, -0.2) is 38.6 Å². The van der Waals surface area contributed by atoms with E-state index >= 15 is 0 Å². The van der Waals surface area contributed by atoms with Gasteiger partial charge in [0.1, 0.15) is 5.69 Å². The van der Waals surface area contributed by atoms with Crippen LogP contribution in [0, 0.1) is 10.1 Å². The molecule has 1 rings (SSSR count). The lowest BCUT2D eigenvalue weighted by Gasteiger charge is -2.09. The summed E-state index contributed by atoms with van der Waals surface area (Å²) in [5, 5.41) is 16.7. The standard InChI is InChI=1S/C15H23N3O5S/c1-3-4-5-6-15(19)17-10-9-16-13-8-7-12(24(2,22)23)11-14(13)18(20)21/h7-8,11,16H,3-6,9-10H2,1-2H3,(H,17,19). The van der Waals surface area contributed by atoms with Crippen molar-refractivity contribution in [1.29, 1.82) is 0 Å². The summed E-state index contributed by atoms with van der Waals surface area (Å²) in [7, 11) is -3.51. The van der Waals surface area contributed by atoms with Crippen LogP contribution in [0.3, 0.4) is 0 Å². The minimum Gasteiger partial charge on any atom is -0.378 e. The number of benzene rings is 1. The van der Waals surface area contributed by atoms with Gasteiger partial charge in [0.05, 0.1) is 9.82 Å². The number of rotatable bonds is 10. The number of nitrogens with one attached hydrogen (secondary N) is 2. The number of hydrogen-bond donors (Lipinski definition) is 2. The number of nitrogens with zero attached hydrogens (tertiary/aromatic N) is 1. The zero-order valence-corrected chi connectivity index (χ0v) is 14.7. The van der Waals surface area contributed by atoms with Crippen LogP contribution in [0.15, 0.2) is 23.1 Å². The van der Waals surface area contributed by atoms with Gasteiger partial charge in [0.25, 0.3) is 5.69 Å². The number of sulfone groups is 1. The fourth-order valence-electron chi connectivity index (χ4n) is 2.07. The third kappa shape index (κ3) is 6.53. The molecule has 24 heavy (non-hydrogen) atoms.